The number of benzene rings is 1. The van der Waals surface area contributed by atoms with Crippen LogP contribution in [-0.2, 0) is 6.18 Å². The van der Waals surface area contributed by atoms with Crippen molar-refractivity contribution in [3.63, 3.8) is 0 Å². The lowest BCUT2D eigenvalue weighted by Crippen LogP contribution is -2.12. The summed E-state index contributed by atoms with van der Waals surface area (Å²) < 4.78 is 43.2. The Morgan fingerprint density at radius 2 is 2.06 bits per heavy atom. The molecule has 1 aromatic carbocycles. The number of nitrogens with two attached hydrogens (primary N) is 1. The summed E-state index contributed by atoms with van der Waals surface area (Å²) in [5.74, 6) is -0.779. The number of hydrogen-bond donors (Lipinski definition) is 1. The molecule has 0 aliphatic heterocycles. The van der Waals surface area contributed by atoms with Gasteiger partial charge in [0.1, 0.15) is 5.75 Å². The fourth-order valence-corrected chi connectivity index (χ4v) is 2.07. The van der Waals surface area contributed by atoms with E-state index in [2.05, 4.69) is 15.9 Å². The largest absolute Gasteiger partial charge is 0.495 e. The minimum absolute atomic E-state index is 0.00390. The first kappa shape index (κ1) is 15.0. The third-order valence-corrected chi connectivity index (χ3v) is 2.84. The molecule has 0 atom stereocenters. The van der Waals surface area contributed by atoms with Crippen LogP contribution in [0.2, 0.25) is 0 Å². The molecule has 0 unspecified atom stereocenters. The van der Waals surface area contributed by atoms with Gasteiger partial charge in [0.15, 0.2) is 5.78 Å². The topological polar surface area (TPSA) is 52.3 Å². The number of ether oxygens (including phenoxy) is 1. The Labute approximate surface area is 110 Å². The van der Waals surface area contributed by atoms with Crippen LogP contribution in [0.3, 0.4) is 0 Å². The Hall–Kier alpha value is -1.08. The monoisotopic (exact) mass is 325 g/mol. The van der Waals surface area contributed by atoms with Crippen molar-refractivity contribution in [3.8, 4) is 5.75 Å². The molecule has 0 aliphatic carbocycles. The molecular weight excluding hydrogens is 315 g/mol. The third kappa shape index (κ3) is 3.23. The molecular formula is C11H11BrF3NO2. The SMILES string of the molecule is COc1c(Br)cc(C(=O)CCN)cc1C(F)(F)F. The average Bonchev–Trinajstić information content (AvgIpc) is 2.27. The molecule has 1 rings (SSSR count). The minimum Gasteiger partial charge on any atom is -0.495 e. The lowest BCUT2D eigenvalue weighted by molar-refractivity contribution is -0.138. The van der Waals surface area contributed by atoms with Gasteiger partial charge < -0.3 is 10.5 Å². The summed E-state index contributed by atoms with van der Waals surface area (Å²) >= 11 is 2.96. The van der Waals surface area contributed by atoms with Gasteiger partial charge in [-0.05, 0) is 34.6 Å². The van der Waals surface area contributed by atoms with Crippen LogP contribution in [0.15, 0.2) is 16.6 Å². The lowest BCUT2D eigenvalue weighted by atomic mass is 10.0. The molecule has 0 radical (unpaired) electrons. The number of Topliss-reactive ketones (excluding diaryl/α,β-unsaturated/α-hetero) is 1. The third-order valence-electron chi connectivity index (χ3n) is 2.25. The first-order valence-corrected chi connectivity index (χ1v) is 5.78. The van der Waals surface area contributed by atoms with Crippen molar-refractivity contribution in [2.24, 2.45) is 5.73 Å². The Bertz CT molecular complexity index is 460. The van der Waals surface area contributed by atoms with E-state index in [9.17, 15) is 18.0 Å². The summed E-state index contributed by atoms with van der Waals surface area (Å²) in [6.45, 7) is 0.0871. The second-order valence-corrected chi connectivity index (χ2v) is 4.35. The standard InChI is InChI=1S/C11H11BrF3NO2/c1-18-10-7(11(13,14)15)4-6(5-8(10)12)9(17)2-3-16/h4-5H,2-3,16H2,1H3. The van der Waals surface area contributed by atoms with Crippen molar-refractivity contribution >= 4 is 21.7 Å². The van der Waals surface area contributed by atoms with Gasteiger partial charge in [0.2, 0.25) is 0 Å². The van der Waals surface area contributed by atoms with E-state index in [-0.39, 0.29) is 28.8 Å². The van der Waals surface area contributed by atoms with Crippen molar-refractivity contribution in [1.82, 2.24) is 0 Å². The van der Waals surface area contributed by atoms with E-state index in [1.54, 1.807) is 0 Å². The summed E-state index contributed by atoms with van der Waals surface area (Å²) in [4.78, 5) is 11.6. The zero-order valence-corrected chi connectivity index (χ0v) is 11.1. The number of methoxy groups -OCH3 is 1. The number of alkyl halides is 3. The number of hydrogen-bond acceptors (Lipinski definition) is 3. The quantitative estimate of drug-likeness (QED) is 0.866. The predicted molar refractivity (Wildman–Crippen MR) is 63.7 cm³/mol. The summed E-state index contributed by atoms with van der Waals surface area (Å²) in [5.41, 5.74) is 4.18. The zero-order chi connectivity index (χ0) is 13.9. The van der Waals surface area contributed by atoms with Gasteiger partial charge in [0, 0.05) is 12.0 Å². The Kier molecular flexibility index (Phi) is 4.75. The Morgan fingerprint density at radius 1 is 1.44 bits per heavy atom. The number of carbonyl (C=O) groups is 1. The minimum atomic E-state index is -4.59. The summed E-state index contributed by atoms with van der Waals surface area (Å²) in [7, 11) is 1.14. The molecule has 2 N–H and O–H groups in total. The number of ketones is 1. The highest BCUT2D eigenvalue weighted by Crippen LogP contribution is 2.41. The molecule has 0 saturated carbocycles. The molecule has 3 nitrogen and oxygen atoms in total. The van der Waals surface area contributed by atoms with Gasteiger partial charge in [-0.2, -0.15) is 13.2 Å². The summed E-state index contributed by atoms with van der Waals surface area (Å²) in [5, 5.41) is 0. The molecule has 0 aromatic heterocycles. The van der Waals surface area contributed by atoms with Crippen molar-refractivity contribution in [1.29, 1.82) is 0 Å². The Morgan fingerprint density at radius 3 is 2.50 bits per heavy atom. The molecule has 0 fully saturated rings. The average molecular weight is 326 g/mol. The van der Waals surface area contributed by atoms with Gasteiger partial charge >= 0.3 is 6.18 Å². The molecule has 7 heteroatoms. The second-order valence-electron chi connectivity index (χ2n) is 3.50. The lowest BCUT2D eigenvalue weighted by Gasteiger charge is -2.15. The van der Waals surface area contributed by atoms with Crippen LogP contribution in [0.1, 0.15) is 22.3 Å². The van der Waals surface area contributed by atoms with Crippen molar-refractivity contribution < 1.29 is 22.7 Å². The molecule has 100 valence electrons. The van der Waals surface area contributed by atoms with Crippen molar-refractivity contribution in [2.45, 2.75) is 12.6 Å². The van der Waals surface area contributed by atoms with Gasteiger partial charge in [0.05, 0.1) is 17.1 Å². The first-order chi connectivity index (χ1) is 8.31. The van der Waals surface area contributed by atoms with E-state index >= 15 is 0 Å². The van der Waals surface area contributed by atoms with Gasteiger partial charge in [-0.3, -0.25) is 4.79 Å². The number of carbonyl (C=O) groups excluding carboxylic acids is 1. The normalized spacial score (nSPS) is 11.4. The Balaban J connectivity index is 3.35. The molecule has 0 aliphatic rings. The van der Waals surface area contributed by atoms with E-state index in [0.717, 1.165) is 13.2 Å². The van der Waals surface area contributed by atoms with Crippen molar-refractivity contribution in [2.75, 3.05) is 13.7 Å². The first-order valence-electron chi connectivity index (χ1n) is 4.99. The highest BCUT2D eigenvalue weighted by molar-refractivity contribution is 9.10. The zero-order valence-electron chi connectivity index (χ0n) is 9.47. The smallest absolute Gasteiger partial charge is 0.420 e. The molecule has 0 saturated heterocycles. The van der Waals surface area contributed by atoms with Crippen molar-refractivity contribution in [3.05, 3.63) is 27.7 Å². The molecule has 0 bridgehead atoms. The van der Waals surface area contributed by atoms with E-state index in [1.807, 2.05) is 0 Å². The fraction of sp³-hybridized carbons (Fsp3) is 0.364. The van der Waals surface area contributed by atoms with E-state index in [1.165, 1.54) is 6.07 Å². The van der Waals surface area contributed by atoms with Gasteiger partial charge in [-0.1, -0.05) is 0 Å². The summed E-state index contributed by atoms with van der Waals surface area (Å²) in [6, 6.07) is 2.08. The molecule has 1 aromatic rings. The van der Waals surface area contributed by atoms with Crippen LogP contribution >= 0.6 is 15.9 Å². The van der Waals surface area contributed by atoms with Crippen LogP contribution in [-0.4, -0.2) is 19.4 Å². The second kappa shape index (κ2) is 5.71. The van der Waals surface area contributed by atoms with Crippen LogP contribution < -0.4 is 10.5 Å². The maximum atomic E-state index is 12.8. The van der Waals surface area contributed by atoms with Crippen LogP contribution in [0.5, 0.6) is 5.75 Å². The highest BCUT2D eigenvalue weighted by Gasteiger charge is 2.36. The van der Waals surface area contributed by atoms with E-state index in [4.69, 9.17) is 10.5 Å². The maximum absolute atomic E-state index is 12.8. The highest BCUT2D eigenvalue weighted by atomic mass is 79.9. The fourth-order valence-electron chi connectivity index (χ4n) is 1.45. The molecule has 18 heavy (non-hydrogen) atoms. The molecule has 0 spiro atoms. The van der Waals surface area contributed by atoms with E-state index < -0.39 is 17.5 Å². The summed E-state index contributed by atoms with van der Waals surface area (Å²) in [6.07, 6.45) is -4.59. The molecule has 0 amide bonds. The van der Waals surface area contributed by atoms with Crippen LogP contribution in [0, 0.1) is 0 Å². The number of halogens is 4. The van der Waals surface area contributed by atoms with Gasteiger partial charge in [-0.25, -0.2) is 0 Å². The van der Waals surface area contributed by atoms with Gasteiger partial charge in [0.25, 0.3) is 0 Å². The molecule has 0 heterocycles. The van der Waals surface area contributed by atoms with E-state index in [0.29, 0.717) is 0 Å². The van der Waals surface area contributed by atoms with Gasteiger partial charge in [-0.15, -0.1) is 0 Å². The van der Waals surface area contributed by atoms with Crippen LogP contribution in [0.4, 0.5) is 13.2 Å². The number of rotatable bonds is 4. The maximum Gasteiger partial charge on any atom is 0.420 e. The predicted octanol–water partition coefficient (Wildman–Crippen LogP) is 3.01. The van der Waals surface area contributed by atoms with Crippen LogP contribution in [0.25, 0.3) is 0 Å².